The fraction of sp³-hybridized carbons (Fsp3) is 0.412. The van der Waals surface area contributed by atoms with E-state index in [4.69, 9.17) is 4.74 Å². The monoisotopic (exact) mass is 341 g/mol. The van der Waals surface area contributed by atoms with Crippen molar-refractivity contribution in [2.24, 2.45) is 5.92 Å². The van der Waals surface area contributed by atoms with E-state index < -0.39 is 6.10 Å². The van der Waals surface area contributed by atoms with Gasteiger partial charge in [-0.2, -0.15) is 0 Å². The first-order chi connectivity index (χ1) is 12.2. The van der Waals surface area contributed by atoms with Crippen molar-refractivity contribution in [2.45, 2.75) is 25.0 Å². The molecule has 0 bridgehead atoms. The number of H-pyrrole nitrogens is 1. The number of aromatic amines is 1. The van der Waals surface area contributed by atoms with E-state index in [1.54, 1.807) is 29.6 Å². The van der Waals surface area contributed by atoms with Crippen molar-refractivity contribution < 1.29 is 14.3 Å². The molecule has 0 aliphatic carbocycles. The lowest BCUT2D eigenvalue weighted by Crippen LogP contribution is -2.45. The summed E-state index contributed by atoms with van der Waals surface area (Å²) >= 11 is 0. The maximum absolute atomic E-state index is 12.5. The molecule has 2 aromatic heterocycles. The molecule has 3 atom stereocenters. The topological polar surface area (TPSA) is 100 Å². The maximum Gasteiger partial charge on any atom is 0.255 e. The number of aromatic nitrogens is 3. The summed E-state index contributed by atoms with van der Waals surface area (Å²) in [6.07, 6.45) is 8.89. The Hall–Kier alpha value is -2.74. The molecule has 8 heteroatoms. The highest BCUT2D eigenvalue weighted by atomic mass is 16.5. The van der Waals surface area contributed by atoms with Gasteiger partial charge in [0.2, 0.25) is 0 Å². The number of nitrogens with one attached hydrogen (secondary N) is 2. The summed E-state index contributed by atoms with van der Waals surface area (Å²) in [7, 11) is 0. The smallest absolute Gasteiger partial charge is 0.255 e. The Morgan fingerprint density at radius 1 is 1.36 bits per heavy atom. The molecule has 2 fully saturated rings. The molecule has 0 saturated carbocycles. The molecule has 4 heterocycles. The molecule has 4 rings (SSSR count). The second kappa shape index (κ2) is 6.64. The number of carbonyl (C=O) groups excluding carboxylic acids is 2. The van der Waals surface area contributed by atoms with Crippen LogP contribution in [0.2, 0.25) is 0 Å². The second-order valence-corrected chi connectivity index (χ2v) is 6.38. The van der Waals surface area contributed by atoms with Crippen molar-refractivity contribution in [3.63, 3.8) is 0 Å². The predicted octanol–water partition coefficient (Wildman–Crippen LogP) is 1.06. The Kier molecular flexibility index (Phi) is 4.19. The van der Waals surface area contributed by atoms with E-state index in [9.17, 15) is 9.59 Å². The number of fused-ring (bicyclic) bond motifs is 1. The van der Waals surface area contributed by atoms with Crippen LogP contribution in [-0.2, 0) is 9.53 Å². The summed E-state index contributed by atoms with van der Waals surface area (Å²) in [4.78, 5) is 37.5. The van der Waals surface area contributed by atoms with Crippen LogP contribution in [0.25, 0.3) is 0 Å². The first-order valence-corrected chi connectivity index (χ1v) is 8.35. The van der Waals surface area contributed by atoms with Gasteiger partial charge in [-0.1, -0.05) is 0 Å². The van der Waals surface area contributed by atoms with E-state index >= 15 is 0 Å². The van der Waals surface area contributed by atoms with Crippen molar-refractivity contribution in [3.8, 4) is 0 Å². The summed E-state index contributed by atoms with van der Waals surface area (Å²) in [6, 6.07) is 1.76. The van der Waals surface area contributed by atoms with Crippen LogP contribution < -0.4 is 5.32 Å². The van der Waals surface area contributed by atoms with Gasteiger partial charge in [0, 0.05) is 37.9 Å². The molecule has 130 valence electrons. The molecule has 0 aromatic carbocycles. The van der Waals surface area contributed by atoms with Gasteiger partial charge < -0.3 is 19.9 Å². The van der Waals surface area contributed by atoms with Crippen LogP contribution in [0.1, 0.15) is 23.2 Å². The molecule has 2 aliphatic heterocycles. The summed E-state index contributed by atoms with van der Waals surface area (Å²) < 4.78 is 5.94. The Morgan fingerprint density at radius 3 is 3.04 bits per heavy atom. The van der Waals surface area contributed by atoms with Gasteiger partial charge in [-0.25, -0.2) is 4.98 Å². The van der Waals surface area contributed by atoms with E-state index in [1.807, 2.05) is 0 Å². The molecule has 2 saturated heterocycles. The number of hydrogen-bond donors (Lipinski definition) is 2. The quantitative estimate of drug-likeness (QED) is 0.869. The molecule has 8 nitrogen and oxygen atoms in total. The molecule has 25 heavy (non-hydrogen) atoms. The van der Waals surface area contributed by atoms with Gasteiger partial charge in [-0.15, -0.1) is 0 Å². The molecule has 0 radical (unpaired) electrons. The number of piperidine rings is 1. The largest absolute Gasteiger partial charge is 0.367 e. The first-order valence-electron chi connectivity index (χ1n) is 8.35. The van der Waals surface area contributed by atoms with E-state index in [1.165, 1.54) is 12.4 Å². The van der Waals surface area contributed by atoms with E-state index in [-0.39, 0.29) is 17.9 Å². The van der Waals surface area contributed by atoms with Gasteiger partial charge in [-0.3, -0.25) is 14.6 Å². The number of likely N-dealkylation sites (tertiary alicyclic amines) is 1. The van der Waals surface area contributed by atoms with Gasteiger partial charge in [-0.05, 0) is 24.8 Å². The average molecular weight is 341 g/mol. The normalized spacial score (nSPS) is 25.4. The molecular formula is C17H19N5O3. The van der Waals surface area contributed by atoms with E-state index in [0.717, 1.165) is 6.42 Å². The van der Waals surface area contributed by atoms with Crippen molar-refractivity contribution >= 4 is 17.6 Å². The van der Waals surface area contributed by atoms with Crippen LogP contribution in [0, 0.1) is 5.92 Å². The Labute approximate surface area is 144 Å². The standard InChI is InChI=1S/C17H19N5O3/c23-16(21-15-9-19-4-5-20-15)13-7-11-2-6-22(10-14(11)25-13)17(24)12-1-3-18-8-12/h1,3-5,8-9,11,13-14,18H,2,6-7,10H2,(H,20,21,23)/t11-,13-,14+/m0/s1. The highest BCUT2D eigenvalue weighted by Crippen LogP contribution is 2.34. The Balaban J connectivity index is 1.37. The van der Waals surface area contributed by atoms with Crippen molar-refractivity contribution in [2.75, 3.05) is 18.4 Å². The maximum atomic E-state index is 12.5. The zero-order valence-corrected chi connectivity index (χ0v) is 13.6. The number of nitrogens with zero attached hydrogens (tertiary/aromatic N) is 3. The molecular weight excluding hydrogens is 322 g/mol. The highest BCUT2D eigenvalue weighted by Gasteiger charge is 2.43. The van der Waals surface area contributed by atoms with Crippen LogP contribution in [0.3, 0.4) is 0 Å². The minimum atomic E-state index is -0.515. The van der Waals surface area contributed by atoms with Gasteiger partial charge in [0.15, 0.2) is 5.82 Å². The number of rotatable bonds is 3. The number of carbonyl (C=O) groups is 2. The molecule has 2 amide bonds. The van der Waals surface area contributed by atoms with Gasteiger partial charge >= 0.3 is 0 Å². The zero-order chi connectivity index (χ0) is 17.2. The number of hydrogen-bond acceptors (Lipinski definition) is 5. The van der Waals surface area contributed by atoms with Crippen LogP contribution >= 0.6 is 0 Å². The lowest BCUT2D eigenvalue weighted by atomic mass is 9.91. The Bertz CT molecular complexity index is 749. The van der Waals surface area contributed by atoms with E-state index in [0.29, 0.717) is 36.8 Å². The minimum Gasteiger partial charge on any atom is -0.367 e. The molecule has 2 N–H and O–H groups in total. The SMILES string of the molecule is O=C(Nc1cnccn1)[C@@H]1C[C@@H]2CCN(C(=O)c3cc[nH]c3)C[C@H]2O1. The third-order valence-corrected chi connectivity index (χ3v) is 4.79. The number of anilines is 1. The predicted molar refractivity (Wildman–Crippen MR) is 88.7 cm³/mol. The number of amides is 2. The number of ether oxygens (including phenoxy) is 1. The summed E-state index contributed by atoms with van der Waals surface area (Å²) in [5.74, 6) is 0.497. The fourth-order valence-corrected chi connectivity index (χ4v) is 3.49. The average Bonchev–Trinajstić information content (AvgIpc) is 3.31. The van der Waals surface area contributed by atoms with Crippen molar-refractivity contribution in [3.05, 3.63) is 42.6 Å². The van der Waals surface area contributed by atoms with Crippen LogP contribution in [-0.4, -0.2) is 57.0 Å². The lowest BCUT2D eigenvalue weighted by Gasteiger charge is -2.33. The zero-order valence-electron chi connectivity index (χ0n) is 13.6. The van der Waals surface area contributed by atoms with Gasteiger partial charge in [0.25, 0.3) is 11.8 Å². The van der Waals surface area contributed by atoms with Crippen LogP contribution in [0.4, 0.5) is 5.82 Å². The highest BCUT2D eigenvalue weighted by molar-refractivity contribution is 5.94. The van der Waals surface area contributed by atoms with Gasteiger partial charge in [0.05, 0.1) is 17.9 Å². The summed E-state index contributed by atoms with van der Waals surface area (Å²) in [6.45, 7) is 1.21. The van der Waals surface area contributed by atoms with E-state index in [2.05, 4.69) is 20.3 Å². The van der Waals surface area contributed by atoms with Crippen LogP contribution in [0.15, 0.2) is 37.1 Å². The second-order valence-electron chi connectivity index (χ2n) is 6.38. The summed E-state index contributed by atoms with van der Waals surface area (Å²) in [5, 5.41) is 2.73. The fourth-order valence-electron chi connectivity index (χ4n) is 3.49. The Morgan fingerprint density at radius 2 is 2.28 bits per heavy atom. The molecule has 2 aromatic rings. The third kappa shape index (κ3) is 3.25. The molecule has 2 aliphatic rings. The lowest BCUT2D eigenvalue weighted by molar-refractivity contribution is -0.127. The molecule has 0 spiro atoms. The first kappa shape index (κ1) is 15.8. The van der Waals surface area contributed by atoms with Gasteiger partial charge in [0.1, 0.15) is 6.10 Å². The van der Waals surface area contributed by atoms with Crippen molar-refractivity contribution in [1.29, 1.82) is 0 Å². The molecule has 0 unspecified atom stereocenters. The van der Waals surface area contributed by atoms with Crippen molar-refractivity contribution in [1.82, 2.24) is 19.9 Å². The van der Waals surface area contributed by atoms with Crippen LogP contribution in [0.5, 0.6) is 0 Å². The third-order valence-electron chi connectivity index (χ3n) is 4.79. The minimum absolute atomic E-state index is 0.00392. The summed E-state index contributed by atoms with van der Waals surface area (Å²) in [5.41, 5.74) is 0.647.